The van der Waals surface area contributed by atoms with Crippen LogP contribution in [0.3, 0.4) is 0 Å². The molecule has 0 aromatic heterocycles. The summed E-state index contributed by atoms with van der Waals surface area (Å²) >= 11 is 1.19. The van der Waals surface area contributed by atoms with Crippen LogP contribution in [0.4, 0.5) is 0 Å². The summed E-state index contributed by atoms with van der Waals surface area (Å²) < 4.78 is 0. The first-order chi connectivity index (χ1) is 12.2. The SMILES string of the molecule is O=C(CSCC(=O)N/N=C/c1ccccc1)N/N=C/c1ccccc1. The zero-order chi connectivity index (χ0) is 17.7. The fourth-order valence-corrected chi connectivity index (χ4v) is 2.34. The Labute approximate surface area is 150 Å². The fourth-order valence-electron chi connectivity index (χ4n) is 1.74. The molecule has 0 aliphatic carbocycles. The van der Waals surface area contributed by atoms with Crippen LogP contribution in [0.25, 0.3) is 0 Å². The maximum absolute atomic E-state index is 11.6. The summed E-state index contributed by atoms with van der Waals surface area (Å²) in [5.41, 5.74) is 6.62. The molecule has 2 aromatic carbocycles. The highest BCUT2D eigenvalue weighted by molar-refractivity contribution is 8.00. The van der Waals surface area contributed by atoms with Crippen molar-refractivity contribution < 1.29 is 9.59 Å². The second-order valence-corrected chi connectivity index (χ2v) is 5.89. The molecule has 2 N–H and O–H groups in total. The van der Waals surface area contributed by atoms with E-state index >= 15 is 0 Å². The molecule has 0 radical (unpaired) electrons. The number of benzene rings is 2. The molecule has 2 amide bonds. The molecule has 0 fully saturated rings. The van der Waals surface area contributed by atoms with Crippen molar-refractivity contribution >= 4 is 36.0 Å². The average Bonchev–Trinajstić information content (AvgIpc) is 2.63. The number of nitrogens with one attached hydrogen (secondary N) is 2. The molecular weight excluding hydrogens is 336 g/mol. The Kier molecular flexibility index (Phi) is 7.93. The van der Waals surface area contributed by atoms with Gasteiger partial charge in [-0.1, -0.05) is 60.7 Å². The van der Waals surface area contributed by atoms with Gasteiger partial charge in [0.05, 0.1) is 23.9 Å². The lowest BCUT2D eigenvalue weighted by molar-refractivity contribution is -0.118. The molecule has 6 nitrogen and oxygen atoms in total. The van der Waals surface area contributed by atoms with Crippen LogP contribution < -0.4 is 10.9 Å². The predicted molar refractivity (Wildman–Crippen MR) is 102 cm³/mol. The number of thioether (sulfide) groups is 1. The van der Waals surface area contributed by atoms with Gasteiger partial charge < -0.3 is 0 Å². The fraction of sp³-hybridized carbons (Fsp3) is 0.111. The summed E-state index contributed by atoms with van der Waals surface area (Å²) in [6, 6.07) is 18.9. The molecule has 0 aliphatic rings. The standard InChI is InChI=1S/C18H18N4O2S/c23-17(21-19-11-15-7-3-1-4-8-15)13-25-14-18(24)22-20-12-16-9-5-2-6-10-16/h1-12H,13-14H2,(H,21,23)(H,22,24)/b19-11+,20-12+. The second-order valence-electron chi connectivity index (χ2n) is 4.90. The van der Waals surface area contributed by atoms with Gasteiger partial charge >= 0.3 is 0 Å². The van der Waals surface area contributed by atoms with Crippen molar-refractivity contribution in [1.82, 2.24) is 10.9 Å². The molecular formula is C18H18N4O2S. The van der Waals surface area contributed by atoms with Gasteiger partial charge in [0.1, 0.15) is 0 Å². The van der Waals surface area contributed by atoms with E-state index < -0.39 is 0 Å². The molecule has 0 heterocycles. The maximum Gasteiger partial charge on any atom is 0.250 e. The Bertz CT molecular complexity index is 670. The van der Waals surface area contributed by atoms with Gasteiger partial charge in [-0.3, -0.25) is 9.59 Å². The Morgan fingerprint density at radius 1 is 0.760 bits per heavy atom. The van der Waals surface area contributed by atoms with Gasteiger partial charge in [-0.05, 0) is 11.1 Å². The zero-order valence-corrected chi connectivity index (χ0v) is 14.3. The molecule has 7 heteroatoms. The van der Waals surface area contributed by atoms with Crippen molar-refractivity contribution in [2.24, 2.45) is 10.2 Å². The molecule has 25 heavy (non-hydrogen) atoms. The number of rotatable bonds is 8. The van der Waals surface area contributed by atoms with E-state index in [1.165, 1.54) is 11.8 Å². The number of hydrazone groups is 2. The summed E-state index contributed by atoms with van der Waals surface area (Å²) in [7, 11) is 0. The van der Waals surface area contributed by atoms with Crippen LogP contribution in [0.5, 0.6) is 0 Å². The van der Waals surface area contributed by atoms with Gasteiger partial charge in [0, 0.05) is 0 Å². The van der Waals surface area contributed by atoms with E-state index in [2.05, 4.69) is 21.1 Å². The maximum atomic E-state index is 11.6. The quantitative estimate of drug-likeness (QED) is 0.562. The first kappa shape index (κ1) is 18.4. The van der Waals surface area contributed by atoms with E-state index in [0.717, 1.165) is 11.1 Å². The highest BCUT2D eigenvalue weighted by Gasteiger charge is 2.04. The second kappa shape index (κ2) is 10.8. The largest absolute Gasteiger partial charge is 0.272 e. The molecule has 0 spiro atoms. The third kappa shape index (κ3) is 7.94. The van der Waals surface area contributed by atoms with Crippen LogP contribution in [-0.2, 0) is 9.59 Å². The Hall–Kier alpha value is -2.93. The summed E-state index contributed by atoms with van der Waals surface area (Å²) in [5.74, 6) is -0.250. The zero-order valence-electron chi connectivity index (χ0n) is 13.5. The van der Waals surface area contributed by atoms with Gasteiger partial charge in [-0.15, -0.1) is 11.8 Å². The van der Waals surface area contributed by atoms with Crippen molar-refractivity contribution in [3.63, 3.8) is 0 Å². The van der Waals surface area contributed by atoms with Crippen molar-refractivity contribution in [3.8, 4) is 0 Å². The van der Waals surface area contributed by atoms with Crippen molar-refractivity contribution in [1.29, 1.82) is 0 Å². The Morgan fingerprint density at radius 3 is 1.56 bits per heavy atom. The topological polar surface area (TPSA) is 82.9 Å². The lowest BCUT2D eigenvalue weighted by atomic mass is 10.2. The number of hydrogen-bond acceptors (Lipinski definition) is 5. The summed E-state index contributed by atoms with van der Waals surface area (Å²) in [4.78, 5) is 23.2. The highest BCUT2D eigenvalue weighted by Crippen LogP contribution is 1.99. The van der Waals surface area contributed by atoms with E-state index in [0.29, 0.717) is 0 Å². The number of carbonyl (C=O) groups is 2. The van der Waals surface area contributed by atoms with Crippen LogP contribution in [0.1, 0.15) is 11.1 Å². The number of amides is 2. The molecule has 2 rings (SSSR count). The van der Waals surface area contributed by atoms with Crippen LogP contribution in [-0.4, -0.2) is 35.7 Å². The minimum absolute atomic E-state index is 0.141. The molecule has 128 valence electrons. The molecule has 0 atom stereocenters. The smallest absolute Gasteiger partial charge is 0.250 e. The summed E-state index contributed by atoms with van der Waals surface area (Å²) in [6.45, 7) is 0. The van der Waals surface area contributed by atoms with Crippen molar-refractivity contribution in [2.75, 3.05) is 11.5 Å². The van der Waals surface area contributed by atoms with E-state index in [1.807, 2.05) is 60.7 Å². The van der Waals surface area contributed by atoms with Gasteiger partial charge in [0.25, 0.3) is 0 Å². The van der Waals surface area contributed by atoms with Crippen molar-refractivity contribution in [2.45, 2.75) is 0 Å². The summed E-state index contributed by atoms with van der Waals surface area (Å²) in [5, 5.41) is 7.72. The molecule has 0 saturated carbocycles. The van der Waals surface area contributed by atoms with E-state index in [-0.39, 0.29) is 23.3 Å². The third-order valence-corrected chi connectivity index (χ3v) is 3.80. The van der Waals surface area contributed by atoms with Crippen LogP contribution >= 0.6 is 11.8 Å². The number of hydrogen-bond donors (Lipinski definition) is 2. The van der Waals surface area contributed by atoms with Crippen LogP contribution in [0, 0.1) is 0 Å². The van der Waals surface area contributed by atoms with E-state index in [1.54, 1.807) is 12.4 Å². The minimum atomic E-state index is -0.266. The van der Waals surface area contributed by atoms with Gasteiger partial charge in [0.2, 0.25) is 11.8 Å². The lowest BCUT2D eigenvalue weighted by Crippen LogP contribution is -2.23. The number of nitrogens with zero attached hydrogens (tertiary/aromatic N) is 2. The number of carbonyl (C=O) groups excluding carboxylic acids is 2. The third-order valence-electron chi connectivity index (χ3n) is 2.87. The summed E-state index contributed by atoms with van der Waals surface area (Å²) in [6.07, 6.45) is 3.13. The first-order valence-corrected chi connectivity index (χ1v) is 8.71. The van der Waals surface area contributed by atoms with Crippen LogP contribution in [0.2, 0.25) is 0 Å². The van der Waals surface area contributed by atoms with Crippen molar-refractivity contribution in [3.05, 3.63) is 71.8 Å². The van der Waals surface area contributed by atoms with Gasteiger partial charge in [0.15, 0.2) is 0 Å². The Morgan fingerprint density at radius 2 is 1.16 bits per heavy atom. The first-order valence-electron chi connectivity index (χ1n) is 7.56. The highest BCUT2D eigenvalue weighted by atomic mass is 32.2. The minimum Gasteiger partial charge on any atom is -0.272 e. The molecule has 0 saturated heterocycles. The van der Waals surface area contributed by atoms with E-state index in [4.69, 9.17) is 0 Å². The molecule has 0 aliphatic heterocycles. The normalized spacial score (nSPS) is 10.9. The monoisotopic (exact) mass is 354 g/mol. The average molecular weight is 354 g/mol. The van der Waals surface area contributed by atoms with Gasteiger partial charge in [-0.2, -0.15) is 10.2 Å². The lowest BCUT2D eigenvalue weighted by Gasteiger charge is -2.00. The molecule has 0 bridgehead atoms. The Balaban J connectivity index is 1.59. The van der Waals surface area contributed by atoms with Crippen LogP contribution in [0.15, 0.2) is 70.9 Å². The predicted octanol–water partition coefficient (Wildman–Crippen LogP) is 2.02. The molecule has 0 unspecified atom stereocenters. The van der Waals surface area contributed by atoms with E-state index in [9.17, 15) is 9.59 Å². The van der Waals surface area contributed by atoms with Gasteiger partial charge in [-0.25, -0.2) is 10.9 Å². The molecule has 2 aromatic rings.